The molecule has 108 valence electrons. The first-order valence-electron chi connectivity index (χ1n) is 6.67. The van der Waals surface area contributed by atoms with Crippen LogP contribution >= 0.6 is 0 Å². The number of hydrogen-bond donors (Lipinski definition) is 2. The lowest BCUT2D eigenvalue weighted by atomic mass is 10.3. The summed E-state index contributed by atoms with van der Waals surface area (Å²) < 4.78 is 3.12. The van der Waals surface area contributed by atoms with Crippen molar-refractivity contribution in [2.24, 2.45) is 5.73 Å². The molecule has 21 heavy (non-hydrogen) atoms. The number of para-hydroxylation sites is 1. The lowest BCUT2D eigenvalue weighted by Gasteiger charge is -2.06. The van der Waals surface area contributed by atoms with Crippen molar-refractivity contribution in [2.45, 2.75) is 20.0 Å². The molecule has 2 heterocycles. The first-order chi connectivity index (χ1) is 10.2. The molecule has 0 spiro atoms. The summed E-state index contributed by atoms with van der Waals surface area (Å²) in [5.41, 5.74) is 6.06. The van der Waals surface area contributed by atoms with Gasteiger partial charge in [0, 0.05) is 6.54 Å². The van der Waals surface area contributed by atoms with Gasteiger partial charge in [0.25, 0.3) is 5.56 Å². The van der Waals surface area contributed by atoms with E-state index in [4.69, 9.17) is 5.73 Å². The van der Waals surface area contributed by atoms with Crippen molar-refractivity contribution >= 4 is 11.2 Å². The average molecular weight is 285 g/mol. The van der Waals surface area contributed by atoms with Gasteiger partial charge >= 0.3 is 5.69 Å². The van der Waals surface area contributed by atoms with Crippen LogP contribution in [-0.4, -0.2) is 19.1 Å². The largest absolute Gasteiger partial charge is 0.334 e. The van der Waals surface area contributed by atoms with Crippen LogP contribution in [-0.2, 0) is 13.1 Å². The zero-order chi connectivity index (χ0) is 15.0. The van der Waals surface area contributed by atoms with Gasteiger partial charge in [-0.2, -0.15) is 0 Å². The van der Waals surface area contributed by atoms with E-state index in [-0.39, 0.29) is 6.54 Å². The molecular formula is C14H15N5O2. The Balaban J connectivity index is 2.49. The quantitative estimate of drug-likeness (QED) is 0.725. The average Bonchev–Trinajstić information content (AvgIpc) is 2.87. The van der Waals surface area contributed by atoms with Gasteiger partial charge in [-0.1, -0.05) is 18.2 Å². The molecule has 0 aliphatic carbocycles. The van der Waals surface area contributed by atoms with Gasteiger partial charge in [-0.15, -0.1) is 0 Å². The van der Waals surface area contributed by atoms with E-state index < -0.39 is 11.2 Å². The number of H-pyrrole nitrogens is 1. The minimum atomic E-state index is -0.511. The molecule has 0 saturated heterocycles. The molecule has 3 N–H and O–H groups in total. The fourth-order valence-electron chi connectivity index (χ4n) is 2.49. The summed E-state index contributed by atoms with van der Waals surface area (Å²) in [4.78, 5) is 31.0. The summed E-state index contributed by atoms with van der Waals surface area (Å²) in [6.45, 7) is 2.65. The van der Waals surface area contributed by atoms with E-state index >= 15 is 0 Å². The maximum atomic E-state index is 12.2. The molecule has 0 aliphatic heterocycles. The first kappa shape index (κ1) is 13.3. The van der Waals surface area contributed by atoms with Gasteiger partial charge in [0.05, 0.1) is 12.2 Å². The Kier molecular flexibility index (Phi) is 3.19. The minimum absolute atomic E-state index is 0.199. The Morgan fingerprint density at radius 3 is 2.57 bits per heavy atom. The second kappa shape index (κ2) is 5.02. The molecule has 2 aromatic heterocycles. The van der Waals surface area contributed by atoms with Crippen molar-refractivity contribution < 1.29 is 0 Å². The maximum Gasteiger partial charge on any atom is 0.334 e. The summed E-state index contributed by atoms with van der Waals surface area (Å²) in [6, 6.07) is 9.06. The number of nitrogens with zero attached hydrogens (tertiary/aromatic N) is 3. The molecule has 0 saturated carbocycles. The molecule has 3 rings (SSSR count). The van der Waals surface area contributed by atoms with Gasteiger partial charge in [0.15, 0.2) is 11.2 Å². The Bertz CT molecular complexity index is 905. The first-order valence-corrected chi connectivity index (χ1v) is 6.67. The highest BCUT2D eigenvalue weighted by molar-refractivity contribution is 5.73. The number of fused-ring (bicyclic) bond motifs is 1. The highest BCUT2D eigenvalue weighted by atomic mass is 16.2. The van der Waals surface area contributed by atoms with E-state index in [1.807, 2.05) is 25.1 Å². The zero-order valence-electron chi connectivity index (χ0n) is 11.5. The SMILES string of the molecule is CCn1c(CN)nc2c1c(=O)[nH]c(=O)n2-c1ccccc1. The van der Waals surface area contributed by atoms with E-state index in [9.17, 15) is 9.59 Å². The molecule has 0 aliphatic rings. The van der Waals surface area contributed by atoms with E-state index in [1.54, 1.807) is 16.7 Å². The van der Waals surface area contributed by atoms with Gasteiger partial charge in [-0.25, -0.2) is 14.3 Å². The maximum absolute atomic E-state index is 12.2. The normalized spacial score (nSPS) is 11.1. The van der Waals surface area contributed by atoms with E-state index in [0.29, 0.717) is 29.2 Å². The van der Waals surface area contributed by atoms with Crippen molar-refractivity contribution in [3.05, 3.63) is 57.0 Å². The number of nitrogens with two attached hydrogens (primary N) is 1. The predicted octanol–water partition coefficient (Wildman–Crippen LogP) is 0.354. The Morgan fingerprint density at radius 2 is 1.95 bits per heavy atom. The molecule has 1 aromatic carbocycles. The van der Waals surface area contributed by atoms with Crippen LogP contribution in [0.1, 0.15) is 12.7 Å². The second-order valence-corrected chi connectivity index (χ2v) is 4.58. The third kappa shape index (κ3) is 1.98. The number of benzene rings is 1. The Hall–Kier alpha value is -2.67. The molecule has 0 bridgehead atoms. The highest BCUT2D eigenvalue weighted by Crippen LogP contribution is 2.14. The topological polar surface area (TPSA) is 98.7 Å². The fraction of sp³-hybridized carbons (Fsp3) is 0.214. The second-order valence-electron chi connectivity index (χ2n) is 4.58. The molecule has 7 heteroatoms. The van der Waals surface area contributed by atoms with Crippen LogP contribution in [0.2, 0.25) is 0 Å². The van der Waals surface area contributed by atoms with Crippen LogP contribution in [0.15, 0.2) is 39.9 Å². The molecule has 3 aromatic rings. The van der Waals surface area contributed by atoms with Gasteiger partial charge in [0.2, 0.25) is 0 Å². The minimum Gasteiger partial charge on any atom is -0.324 e. The van der Waals surface area contributed by atoms with E-state index in [1.165, 1.54) is 4.57 Å². The molecule has 0 radical (unpaired) electrons. The number of rotatable bonds is 3. The van der Waals surface area contributed by atoms with Gasteiger partial charge in [-0.3, -0.25) is 9.78 Å². The summed E-state index contributed by atoms with van der Waals surface area (Å²) in [5.74, 6) is 0.577. The van der Waals surface area contributed by atoms with Crippen LogP contribution in [0.5, 0.6) is 0 Å². The fourth-order valence-corrected chi connectivity index (χ4v) is 2.49. The monoisotopic (exact) mass is 285 g/mol. The van der Waals surface area contributed by atoms with Crippen molar-refractivity contribution in [3.8, 4) is 5.69 Å². The molecule has 0 atom stereocenters. The molecule has 0 fully saturated rings. The predicted molar refractivity (Wildman–Crippen MR) is 79.5 cm³/mol. The number of aromatic nitrogens is 4. The van der Waals surface area contributed by atoms with Crippen molar-refractivity contribution in [3.63, 3.8) is 0 Å². The summed E-state index contributed by atoms with van der Waals surface area (Å²) in [5, 5.41) is 0. The smallest absolute Gasteiger partial charge is 0.324 e. The lowest BCUT2D eigenvalue weighted by molar-refractivity contribution is 0.715. The molecule has 0 amide bonds. The van der Waals surface area contributed by atoms with Crippen LogP contribution in [0.4, 0.5) is 0 Å². The zero-order valence-corrected chi connectivity index (χ0v) is 11.5. The lowest BCUT2D eigenvalue weighted by Crippen LogP contribution is -2.30. The summed E-state index contributed by atoms with van der Waals surface area (Å²) in [6.07, 6.45) is 0. The third-order valence-corrected chi connectivity index (χ3v) is 3.39. The Morgan fingerprint density at radius 1 is 1.24 bits per heavy atom. The van der Waals surface area contributed by atoms with Crippen LogP contribution in [0.25, 0.3) is 16.9 Å². The summed E-state index contributed by atoms with van der Waals surface area (Å²) in [7, 11) is 0. The molecule has 7 nitrogen and oxygen atoms in total. The standard InChI is InChI=1S/C14H15N5O2/c1-2-18-10(8-15)16-12-11(18)13(20)17-14(21)19(12)9-6-4-3-5-7-9/h3-7H,2,8,15H2,1H3,(H,17,20,21). The van der Waals surface area contributed by atoms with Crippen molar-refractivity contribution in [2.75, 3.05) is 0 Å². The summed E-state index contributed by atoms with van der Waals surface area (Å²) >= 11 is 0. The Labute approximate surface area is 119 Å². The van der Waals surface area contributed by atoms with Crippen molar-refractivity contribution in [1.29, 1.82) is 0 Å². The van der Waals surface area contributed by atoms with Crippen LogP contribution in [0.3, 0.4) is 0 Å². The van der Waals surface area contributed by atoms with E-state index in [0.717, 1.165) is 0 Å². The van der Waals surface area contributed by atoms with Crippen LogP contribution < -0.4 is 17.0 Å². The molecular weight excluding hydrogens is 270 g/mol. The van der Waals surface area contributed by atoms with Crippen molar-refractivity contribution in [1.82, 2.24) is 19.1 Å². The number of aromatic amines is 1. The third-order valence-electron chi connectivity index (χ3n) is 3.39. The van der Waals surface area contributed by atoms with Gasteiger partial charge in [-0.05, 0) is 19.1 Å². The number of imidazole rings is 1. The van der Waals surface area contributed by atoms with Gasteiger partial charge < -0.3 is 10.3 Å². The van der Waals surface area contributed by atoms with E-state index in [2.05, 4.69) is 9.97 Å². The highest BCUT2D eigenvalue weighted by Gasteiger charge is 2.17. The molecule has 0 unspecified atom stereocenters. The van der Waals surface area contributed by atoms with Crippen LogP contribution in [0, 0.1) is 0 Å². The van der Waals surface area contributed by atoms with Gasteiger partial charge in [0.1, 0.15) is 5.82 Å². The number of hydrogen-bond acceptors (Lipinski definition) is 4. The number of aryl methyl sites for hydroxylation is 1. The number of nitrogens with one attached hydrogen (secondary N) is 1.